The van der Waals surface area contributed by atoms with Crippen LogP contribution in [0.1, 0.15) is 54.9 Å². The quantitative estimate of drug-likeness (QED) is 0.750. The van der Waals surface area contributed by atoms with E-state index in [9.17, 15) is 0 Å². The smallest absolute Gasteiger partial charge is 0.142 e. The van der Waals surface area contributed by atoms with Gasteiger partial charge >= 0.3 is 0 Å². The molecule has 2 aromatic rings. The topological polar surface area (TPSA) is 36.3 Å². The third-order valence-corrected chi connectivity index (χ3v) is 6.13. The SMILES string of the molecule is CCC1CCCc2cc3c(cc2CC1)N(Cc1cccc(C#N)c1)CCO3. The highest BCUT2D eigenvalue weighted by atomic mass is 16.5. The first-order valence-corrected chi connectivity index (χ1v) is 10.3. The van der Waals surface area contributed by atoms with Crippen LogP contribution < -0.4 is 9.64 Å². The molecule has 3 heteroatoms. The standard InChI is InChI=1S/C24H28N2O/c1-2-18-5-4-8-21-15-24-23(14-22(21)10-9-18)26(11-12-27-24)17-20-7-3-6-19(13-20)16-25/h3,6-7,13-15,18H,2,4-5,8-12,17H2,1H3. The molecule has 2 aliphatic rings. The first-order valence-electron chi connectivity index (χ1n) is 10.3. The third-order valence-electron chi connectivity index (χ3n) is 6.13. The van der Waals surface area contributed by atoms with Crippen molar-refractivity contribution in [1.29, 1.82) is 5.26 Å². The number of hydrogen-bond acceptors (Lipinski definition) is 3. The molecule has 1 aliphatic carbocycles. The predicted molar refractivity (Wildman–Crippen MR) is 109 cm³/mol. The van der Waals surface area contributed by atoms with E-state index in [1.807, 2.05) is 18.2 Å². The number of anilines is 1. The van der Waals surface area contributed by atoms with Gasteiger partial charge in [-0.3, -0.25) is 0 Å². The van der Waals surface area contributed by atoms with Crippen LogP contribution in [0.4, 0.5) is 5.69 Å². The maximum Gasteiger partial charge on any atom is 0.142 e. The molecular weight excluding hydrogens is 332 g/mol. The van der Waals surface area contributed by atoms with Crippen molar-refractivity contribution in [2.24, 2.45) is 5.92 Å². The summed E-state index contributed by atoms with van der Waals surface area (Å²) in [5.41, 5.74) is 6.12. The summed E-state index contributed by atoms with van der Waals surface area (Å²) in [7, 11) is 0. The molecule has 0 fully saturated rings. The average molecular weight is 361 g/mol. The molecule has 0 bridgehead atoms. The van der Waals surface area contributed by atoms with E-state index in [0.717, 1.165) is 36.9 Å². The van der Waals surface area contributed by atoms with Gasteiger partial charge in [-0.15, -0.1) is 0 Å². The Bertz CT molecular complexity index is 852. The Balaban J connectivity index is 1.61. The summed E-state index contributed by atoms with van der Waals surface area (Å²) in [4.78, 5) is 2.41. The van der Waals surface area contributed by atoms with Crippen molar-refractivity contribution < 1.29 is 4.74 Å². The molecule has 0 saturated carbocycles. The van der Waals surface area contributed by atoms with Crippen molar-refractivity contribution in [3.05, 3.63) is 58.7 Å². The maximum absolute atomic E-state index is 9.17. The van der Waals surface area contributed by atoms with Crippen molar-refractivity contribution in [1.82, 2.24) is 0 Å². The molecule has 140 valence electrons. The van der Waals surface area contributed by atoms with Gasteiger partial charge in [-0.2, -0.15) is 5.26 Å². The minimum Gasteiger partial charge on any atom is -0.490 e. The Morgan fingerprint density at radius 3 is 2.89 bits per heavy atom. The van der Waals surface area contributed by atoms with E-state index < -0.39 is 0 Å². The Hall–Kier alpha value is -2.47. The van der Waals surface area contributed by atoms with Crippen molar-refractivity contribution in [2.75, 3.05) is 18.1 Å². The molecule has 1 atom stereocenters. The summed E-state index contributed by atoms with van der Waals surface area (Å²) >= 11 is 0. The molecule has 0 aromatic heterocycles. The Morgan fingerprint density at radius 1 is 1.15 bits per heavy atom. The van der Waals surface area contributed by atoms with Crippen LogP contribution in [-0.2, 0) is 19.4 Å². The summed E-state index contributed by atoms with van der Waals surface area (Å²) in [6, 6.07) is 14.9. The minimum absolute atomic E-state index is 0.724. The van der Waals surface area contributed by atoms with Crippen LogP contribution in [0.25, 0.3) is 0 Å². The lowest BCUT2D eigenvalue weighted by atomic mass is 9.85. The van der Waals surface area contributed by atoms with Crippen molar-refractivity contribution in [3.8, 4) is 11.8 Å². The fraction of sp³-hybridized carbons (Fsp3) is 0.458. The Morgan fingerprint density at radius 2 is 2.04 bits per heavy atom. The van der Waals surface area contributed by atoms with E-state index in [4.69, 9.17) is 10.00 Å². The van der Waals surface area contributed by atoms with Crippen LogP contribution in [0, 0.1) is 17.2 Å². The molecule has 2 aromatic carbocycles. The molecule has 4 rings (SSSR count). The highest BCUT2D eigenvalue weighted by Crippen LogP contribution is 2.38. The largest absolute Gasteiger partial charge is 0.490 e. The zero-order chi connectivity index (χ0) is 18.6. The first kappa shape index (κ1) is 17.9. The molecule has 1 aliphatic heterocycles. The van der Waals surface area contributed by atoms with Gasteiger partial charge in [0.1, 0.15) is 12.4 Å². The van der Waals surface area contributed by atoms with Crippen molar-refractivity contribution in [3.63, 3.8) is 0 Å². The second-order valence-electron chi connectivity index (χ2n) is 7.88. The van der Waals surface area contributed by atoms with E-state index in [0.29, 0.717) is 0 Å². The van der Waals surface area contributed by atoms with Crippen LogP contribution in [0.15, 0.2) is 36.4 Å². The maximum atomic E-state index is 9.17. The summed E-state index contributed by atoms with van der Waals surface area (Å²) in [5, 5.41) is 9.17. The number of nitriles is 1. The second kappa shape index (κ2) is 8.05. The monoisotopic (exact) mass is 360 g/mol. The number of benzene rings is 2. The zero-order valence-corrected chi connectivity index (χ0v) is 16.2. The van der Waals surface area contributed by atoms with Gasteiger partial charge in [-0.25, -0.2) is 0 Å². The molecule has 0 radical (unpaired) electrons. The van der Waals surface area contributed by atoms with Crippen molar-refractivity contribution >= 4 is 5.69 Å². The highest BCUT2D eigenvalue weighted by molar-refractivity contribution is 5.63. The number of hydrogen-bond donors (Lipinski definition) is 0. The third kappa shape index (κ3) is 3.95. The Kier molecular flexibility index (Phi) is 5.34. The summed E-state index contributed by atoms with van der Waals surface area (Å²) < 4.78 is 6.02. The van der Waals surface area contributed by atoms with Crippen LogP contribution in [-0.4, -0.2) is 13.2 Å². The van der Waals surface area contributed by atoms with Gasteiger partial charge in [0, 0.05) is 6.54 Å². The van der Waals surface area contributed by atoms with E-state index in [1.165, 1.54) is 60.9 Å². The number of ether oxygens (including phenoxy) is 1. The first-order chi connectivity index (χ1) is 13.3. The van der Waals surface area contributed by atoms with Gasteiger partial charge in [0.2, 0.25) is 0 Å². The van der Waals surface area contributed by atoms with Gasteiger partial charge < -0.3 is 9.64 Å². The zero-order valence-electron chi connectivity index (χ0n) is 16.2. The highest BCUT2D eigenvalue weighted by Gasteiger charge is 2.22. The van der Waals surface area contributed by atoms with Gasteiger partial charge in [0.25, 0.3) is 0 Å². The number of nitrogens with zero attached hydrogens (tertiary/aromatic N) is 2. The minimum atomic E-state index is 0.724. The van der Waals surface area contributed by atoms with Gasteiger partial charge in [-0.05, 0) is 72.6 Å². The lowest BCUT2D eigenvalue weighted by molar-refractivity contribution is 0.306. The molecule has 0 saturated heterocycles. The van der Waals surface area contributed by atoms with Crippen LogP contribution in [0.2, 0.25) is 0 Å². The van der Waals surface area contributed by atoms with Gasteiger partial charge in [-0.1, -0.05) is 31.9 Å². The van der Waals surface area contributed by atoms with Crippen LogP contribution in [0.5, 0.6) is 5.75 Å². The predicted octanol–water partition coefficient (Wildman–Crippen LogP) is 5.25. The molecule has 0 spiro atoms. The second-order valence-corrected chi connectivity index (χ2v) is 7.88. The molecule has 1 unspecified atom stereocenters. The number of aryl methyl sites for hydroxylation is 2. The van der Waals surface area contributed by atoms with E-state index >= 15 is 0 Å². The van der Waals surface area contributed by atoms with E-state index in [-0.39, 0.29) is 0 Å². The normalized spacial score (nSPS) is 19.1. The van der Waals surface area contributed by atoms with Gasteiger partial charge in [0.15, 0.2) is 0 Å². The molecular formula is C24H28N2O. The number of fused-ring (bicyclic) bond motifs is 2. The van der Waals surface area contributed by atoms with Crippen molar-refractivity contribution in [2.45, 2.75) is 52.0 Å². The van der Waals surface area contributed by atoms with Gasteiger partial charge in [0.05, 0.1) is 23.9 Å². The fourth-order valence-corrected chi connectivity index (χ4v) is 4.49. The lowest BCUT2D eigenvalue weighted by Gasteiger charge is -2.33. The lowest BCUT2D eigenvalue weighted by Crippen LogP contribution is -2.32. The Labute approximate surface area is 162 Å². The molecule has 1 heterocycles. The summed E-state index contributed by atoms with van der Waals surface area (Å²) in [6.45, 7) is 4.76. The van der Waals surface area contributed by atoms with Crippen LogP contribution in [0.3, 0.4) is 0 Å². The summed E-state index contributed by atoms with van der Waals surface area (Å²) in [5.74, 6) is 1.90. The molecule has 0 N–H and O–H groups in total. The fourth-order valence-electron chi connectivity index (χ4n) is 4.49. The van der Waals surface area contributed by atoms with Crippen LogP contribution >= 0.6 is 0 Å². The molecule has 0 amide bonds. The number of rotatable bonds is 3. The molecule has 3 nitrogen and oxygen atoms in total. The van der Waals surface area contributed by atoms with E-state index in [2.05, 4.69) is 36.1 Å². The summed E-state index contributed by atoms with van der Waals surface area (Å²) in [6.07, 6.45) is 7.59. The van der Waals surface area contributed by atoms with E-state index in [1.54, 1.807) is 0 Å². The average Bonchev–Trinajstić information content (AvgIpc) is 2.69. The molecule has 27 heavy (non-hydrogen) atoms.